The molecule has 0 radical (unpaired) electrons. The van der Waals surface area contributed by atoms with E-state index in [0.29, 0.717) is 16.5 Å². The SMILES string of the molecule is Cc1cc2c(o1)c1cnn(CC(=O)NC(C)c3ccncc3)c(=O)c1n2C. The number of hydrogen-bond donors (Lipinski definition) is 1. The molecule has 4 aromatic rings. The highest BCUT2D eigenvalue weighted by Crippen LogP contribution is 2.28. The summed E-state index contributed by atoms with van der Waals surface area (Å²) in [5.41, 5.74) is 2.54. The van der Waals surface area contributed by atoms with E-state index in [1.54, 1.807) is 30.2 Å². The van der Waals surface area contributed by atoms with Crippen molar-refractivity contribution in [3.8, 4) is 0 Å². The predicted octanol–water partition coefficient (Wildman–Crippen LogP) is 2.06. The first kappa shape index (κ1) is 17.0. The standard InChI is InChI=1S/C19H19N5O3/c1-11-8-15-18(27-11)14-9-21-24(19(26)17(14)23(15)3)10-16(25)22-12(2)13-4-6-20-7-5-13/h4-9,12H,10H2,1-3H3,(H,22,25). The number of furan rings is 1. The van der Waals surface area contributed by atoms with Gasteiger partial charge >= 0.3 is 0 Å². The van der Waals surface area contributed by atoms with Gasteiger partial charge in [-0.25, -0.2) is 4.68 Å². The number of aryl methyl sites for hydroxylation is 2. The second kappa shape index (κ2) is 6.39. The molecule has 0 aliphatic rings. The maximum Gasteiger partial charge on any atom is 0.291 e. The molecule has 1 amide bonds. The zero-order chi connectivity index (χ0) is 19.1. The Balaban J connectivity index is 1.62. The highest BCUT2D eigenvalue weighted by molar-refractivity contribution is 6.04. The second-order valence-corrected chi connectivity index (χ2v) is 6.57. The lowest BCUT2D eigenvalue weighted by atomic mass is 10.1. The maximum atomic E-state index is 12.8. The van der Waals surface area contributed by atoms with E-state index in [-0.39, 0.29) is 24.1 Å². The third kappa shape index (κ3) is 2.88. The van der Waals surface area contributed by atoms with Crippen LogP contribution in [0.25, 0.3) is 22.0 Å². The molecule has 1 unspecified atom stereocenters. The van der Waals surface area contributed by atoms with Gasteiger partial charge < -0.3 is 14.3 Å². The van der Waals surface area contributed by atoms with Crippen LogP contribution in [0.4, 0.5) is 0 Å². The van der Waals surface area contributed by atoms with E-state index in [1.807, 2.05) is 32.0 Å². The summed E-state index contributed by atoms with van der Waals surface area (Å²) in [7, 11) is 1.80. The third-order valence-electron chi connectivity index (χ3n) is 4.67. The number of carbonyl (C=O) groups is 1. The molecule has 4 heterocycles. The number of pyridine rings is 1. The minimum absolute atomic E-state index is 0.157. The molecule has 4 aromatic heterocycles. The van der Waals surface area contributed by atoms with Gasteiger partial charge in [-0.15, -0.1) is 0 Å². The van der Waals surface area contributed by atoms with E-state index in [1.165, 1.54) is 4.68 Å². The van der Waals surface area contributed by atoms with Gasteiger partial charge in [-0.2, -0.15) is 5.10 Å². The second-order valence-electron chi connectivity index (χ2n) is 6.57. The fourth-order valence-corrected chi connectivity index (χ4v) is 3.30. The van der Waals surface area contributed by atoms with Crippen LogP contribution >= 0.6 is 0 Å². The molecule has 1 atom stereocenters. The molecule has 4 rings (SSSR count). The number of amides is 1. The molecule has 0 aliphatic heterocycles. The van der Waals surface area contributed by atoms with Crippen molar-refractivity contribution in [1.29, 1.82) is 0 Å². The van der Waals surface area contributed by atoms with Gasteiger partial charge in [0.2, 0.25) is 5.91 Å². The average molecular weight is 365 g/mol. The smallest absolute Gasteiger partial charge is 0.291 e. The van der Waals surface area contributed by atoms with E-state index in [4.69, 9.17) is 4.42 Å². The summed E-state index contributed by atoms with van der Waals surface area (Å²) in [5.74, 6) is 0.480. The van der Waals surface area contributed by atoms with Crippen molar-refractivity contribution in [2.24, 2.45) is 7.05 Å². The molecular weight excluding hydrogens is 346 g/mol. The minimum atomic E-state index is -0.328. The first-order valence-corrected chi connectivity index (χ1v) is 8.59. The molecule has 1 N–H and O–H groups in total. The minimum Gasteiger partial charge on any atom is -0.459 e. The normalized spacial score (nSPS) is 12.6. The van der Waals surface area contributed by atoms with Crippen molar-refractivity contribution in [1.82, 2.24) is 24.6 Å². The summed E-state index contributed by atoms with van der Waals surface area (Å²) in [5, 5.41) is 7.68. The lowest BCUT2D eigenvalue weighted by Gasteiger charge is -2.14. The zero-order valence-electron chi connectivity index (χ0n) is 15.3. The number of carbonyl (C=O) groups excluding carboxylic acids is 1. The molecule has 138 valence electrons. The Morgan fingerprint density at radius 2 is 2.07 bits per heavy atom. The largest absolute Gasteiger partial charge is 0.459 e. The van der Waals surface area contributed by atoms with Gasteiger partial charge in [-0.1, -0.05) is 0 Å². The van der Waals surface area contributed by atoms with Crippen molar-refractivity contribution in [2.75, 3.05) is 0 Å². The first-order valence-electron chi connectivity index (χ1n) is 8.59. The Morgan fingerprint density at radius 3 is 2.81 bits per heavy atom. The molecule has 0 saturated carbocycles. The van der Waals surface area contributed by atoms with Gasteiger partial charge in [0.15, 0.2) is 5.58 Å². The Bertz CT molecular complexity index is 1200. The van der Waals surface area contributed by atoms with E-state index in [9.17, 15) is 9.59 Å². The quantitative estimate of drug-likeness (QED) is 0.597. The van der Waals surface area contributed by atoms with Crippen LogP contribution in [-0.4, -0.2) is 25.2 Å². The number of fused-ring (bicyclic) bond motifs is 3. The molecule has 8 heteroatoms. The molecule has 0 fully saturated rings. The van der Waals surface area contributed by atoms with Crippen LogP contribution in [0, 0.1) is 6.92 Å². The summed E-state index contributed by atoms with van der Waals surface area (Å²) >= 11 is 0. The summed E-state index contributed by atoms with van der Waals surface area (Å²) < 4.78 is 8.63. The summed E-state index contributed by atoms with van der Waals surface area (Å²) in [6.45, 7) is 3.57. The summed E-state index contributed by atoms with van der Waals surface area (Å²) in [6.07, 6.45) is 4.91. The van der Waals surface area contributed by atoms with Crippen molar-refractivity contribution in [2.45, 2.75) is 26.4 Å². The number of aromatic nitrogens is 4. The number of hydrogen-bond acceptors (Lipinski definition) is 5. The van der Waals surface area contributed by atoms with Crippen molar-refractivity contribution in [3.63, 3.8) is 0 Å². The molecule has 0 bridgehead atoms. The lowest BCUT2D eigenvalue weighted by Crippen LogP contribution is -2.35. The first-order chi connectivity index (χ1) is 13.0. The van der Waals surface area contributed by atoms with Crippen LogP contribution in [-0.2, 0) is 18.4 Å². The van der Waals surface area contributed by atoms with E-state index >= 15 is 0 Å². The van der Waals surface area contributed by atoms with Gasteiger partial charge in [0.05, 0.1) is 23.1 Å². The third-order valence-corrected chi connectivity index (χ3v) is 4.67. The number of nitrogens with zero attached hydrogens (tertiary/aromatic N) is 4. The van der Waals surface area contributed by atoms with Crippen LogP contribution in [0.1, 0.15) is 24.3 Å². The molecule has 0 saturated heterocycles. The molecule has 0 spiro atoms. The van der Waals surface area contributed by atoms with Crippen molar-refractivity contribution in [3.05, 3.63) is 58.5 Å². The highest BCUT2D eigenvalue weighted by Gasteiger charge is 2.18. The van der Waals surface area contributed by atoms with Gasteiger partial charge in [-0.3, -0.25) is 14.6 Å². The molecule has 8 nitrogen and oxygen atoms in total. The monoisotopic (exact) mass is 365 g/mol. The fraction of sp³-hybridized carbons (Fsp3) is 0.263. The Labute approximate surface area is 154 Å². The predicted molar refractivity (Wildman–Crippen MR) is 100 cm³/mol. The zero-order valence-corrected chi connectivity index (χ0v) is 15.3. The average Bonchev–Trinajstić information content (AvgIpc) is 3.15. The maximum absolute atomic E-state index is 12.8. The topological polar surface area (TPSA) is 95.0 Å². The molecule has 0 aromatic carbocycles. The lowest BCUT2D eigenvalue weighted by molar-refractivity contribution is -0.122. The summed E-state index contributed by atoms with van der Waals surface area (Å²) in [6, 6.07) is 5.35. The number of rotatable bonds is 4. The van der Waals surface area contributed by atoms with E-state index in [2.05, 4.69) is 15.4 Å². The molecule has 0 aliphatic carbocycles. The summed E-state index contributed by atoms with van der Waals surface area (Å²) in [4.78, 5) is 29.2. The van der Waals surface area contributed by atoms with Crippen LogP contribution in [0.5, 0.6) is 0 Å². The molecule has 27 heavy (non-hydrogen) atoms. The van der Waals surface area contributed by atoms with E-state index in [0.717, 1.165) is 16.8 Å². The van der Waals surface area contributed by atoms with Crippen molar-refractivity contribution >= 4 is 27.9 Å². The molecular formula is C19H19N5O3. The Morgan fingerprint density at radius 1 is 1.33 bits per heavy atom. The fourth-order valence-electron chi connectivity index (χ4n) is 3.30. The van der Waals surface area contributed by atoms with Gasteiger partial charge in [-0.05, 0) is 31.5 Å². The van der Waals surface area contributed by atoms with Crippen molar-refractivity contribution < 1.29 is 9.21 Å². The van der Waals surface area contributed by atoms with Gasteiger partial charge in [0.25, 0.3) is 5.56 Å². The van der Waals surface area contributed by atoms with Crippen LogP contribution in [0.3, 0.4) is 0 Å². The van der Waals surface area contributed by atoms with Crippen LogP contribution in [0.15, 0.2) is 46.0 Å². The van der Waals surface area contributed by atoms with Gasteiger partial charge in [0, 0.05) is 25.5 Å². The van der Waals surface area contributed by atoms with Crippen LogP contribution < -0.4 is 10.9 Å². The highest BCUT2D eigenvalue weighted by atomic mass is 16.3. The van der Waals surface area contributed by atoms with Crippen LogP contribution in [0.2, 0.25) is 0 Å². The van der Waals surface area contributed by atoms with E-state index < -0.39 is 0 Å². The van der Waals surface area contributed by atoms with Gasteiger partial charge in [0.1, 0.15) is 17.8 Å². The Kier molecular flexibility index (Phi) is 4.02. The number of nitrogens with one attached hydrogen (secondary N) is 1. The Hall–Kier alpha value is -3.42.